The van der Waals surface area contributed by atoms with Gasteiger partial charge < -0.3 is 4.74 Å². The molecule has 0 aromatic heterocycles. The summed E-state index contributed by atoms with van der Waals surface area (Å²) in [5.41, 5.74) is 0. The fraction of sp³-hybridized carbons (Fsp3) is 0.100. The Morgan fingerprint density at radius 3 is 2.38 bits per heavy atom. The number of halogens is 1. The molecule has 1 aliphatic carbocycles. The Labute approximate surface area is 80.8 Å². The fourth-order valence-electron chi connectivity index (χ4n) is 0.900. The predicted molar refractivity (Wildman–Crippen MR) is 49.7 cm³/mol. The Morgan fingerprint density at radius 1 is 1.23 bits per heavy atom. The van der Waals surface area contributed by atoms with E-state index in [1.807, 2.05) is 0 Å². The number of esters is 1. The maximum absolute atomic E-state index is 11.1. The Bertz CT molecular complexity index is 348. The van der Waals surface area contributed by atoms with Crippen molar-refractivity contribution in [1.29, 1.82) is 0 Å². The van der Waals surface area contributed by atoms with Crippen molar-refractivity contribution < 1.29 is 9.53 Å². The van der Waals surface area contributed by atoms with Crippen molar-refractivity contribution in [2.75, 3.05) is 0 Å². The van der Waals surface area contributed by atoms with Gasteiger partial charge in [-0.1, -0.05) is 23.8 Å². The summed E-state index contributed by atoms with van der Waals surface area (Å²) in [7, 11) is 0. The molecule has 66 valence electrons. The predicted octanol–water partition coefficient (Wildman–Crippen LogP) is 2.43. The summed E-state index contributed by atoms with van der Waals surface area (Å²) in [6, 6.07) is 6.71. The van der Waals surface area contributed by atoms with Crippen LogP contribution in [0.4, 0.5) is 0 Å². The average Bonchev–Trinajstić information content (AvgIpc) is 2.91. The van der Waals surface area contributed by atoms with Crippen molar-refractivity contribution in [2.24, 2.45) is 5.92 Å². The molecule has 0 atom stereocenters. The number of hydrogen-bond acceptors (Lipinski definition) is 2. The minimum absolute atomic E-state index is 0.115. The first kappa shape index (κ1) is 8.32. The molecule has 1 aromatic rings. The molecule has 0 heterocycles. The van der Waals surface area contributed by atoms with Gasteiger partial charge in [-0.3, -0.25) is 4.79 Å². The van der Waals surface area contributed by atoms with Crippen LogP contribution in [0.15, 0.2) is 36.4 Å². The highest BCUT2D eigenvalue weighted by Gasteiger charge is 2.22. The van der Waals surface area contributed by atoms with Gasteiger partial charge in [0.25, 0.3) is 0 Å². The zero-order valence-electron chi connectivity index (χ0n) is 6.74. The third-order valence-electron chi connectivity index (χ3n) is 1.69. The molecule has 0 amide bonds. The second-order valence-corrected chi connectivity index (χ2v) is 3.22. The molecule has 0 saturated carbocycles. The molecule has 0 fully saturated rings. The number of carbonyl (C=O) groups excluding carboxylic acids is 1. The SMILES string of the molecule is O=C(Oc1ccc(Cl)cc1)C1C=C1. The molecule has 0 bridgehead atoms. The lowest BCUT2D eigenvalue weighted by Crippen LogP contribution is -2.10. The van der Waals surface area contributed by atoms with Crippen molar-refractivity contribution in [2.45, 2.75) is 0 Å². The summed E-state index contributed by atoms with van der Waals surface area (Å²) in [5.74, 6) is 0.182. The lowest BCUT2D eigenvalue weighted by molar-refractivity contribution is -0.135. The van der Waals surface area contributed by atoms with Gasteiger partial charge >= 0.3 is 5.97 Å². The highest BCUT2D eigenvalue weighted by Crippen LogP contribution is 2.21. The van der Waals surface area contributed by atoms with Gasteiger partial charge in [0, 0.05) is 5.02 Å². The van der Waals surface area contributed by atoms with Crippen LogP contribution in [0.5, 0.6) is 5.75 Å². The van der Waals surface area contributed by atoms with E-state index in [0.717, 1.165) is 0 Å². The van der Waals surface area contributed by atoms with Crippen LogP contribution in [0.3, 0.4) is 0 Å². The molecule has 0 unspecified atom stereocenters. The Hall–Kier alpha value is -1.28. The maximum atomic E-state index is 11.1. The molecule has 2 nitrogen and oxygen atoms in total. The van der Waals surface area contributed by atoms with Crippen molar-refractivity contribution in [3.63, 3.8) is 0 Å². The number of hydrogen-bond donors (Lipinski definition) is 0. The third-order valence-corrected chi connectivity index (χ3v) is 1.94. The first-order valence-corrected chi connectivity index (χ1v) is 4.29. The smallest absolute Gasteiger partial charge is 0.322 e. The molecule has 1 aromatic carbocycles. The van der Waals surface area contributed by atoms with Gasteiger partial charge in [0.2, 0.25) is 0 Å². The van der Waals surface area contributed by atoms with E-state index in [4.69, 9.17) is 16.3 Å². The van der Waals surface area contributed by atoms with Gasteiger partial charge in [0.15, 0.2) is 0 Å². The quantitative estimate of drug-likeness (QED) is 0.411. The van der Waals surface area contributed by atoms with Crippen LogP contribution >= 0.6 is 11.6 Å². The van der Waals surface area contributed by atoms with Crippen molar-refractivity contribution >= 4 is 17.6 Å². The number of ether oxygens (including phenoxy) is 1. The van der Waals surface area contributed by atoms with Crippen molar-refractivity contribution in [3.8, 4) is 5.75 Å². The van der Waals surface area contributed by atoms with Gasteiger partial charge in [0.1, 0.15) is 5.75 Å². The molecular weight excluding hydrogens is 188 g/mol. The molecule has 0 N–H and O–H groups in total. The van der Waals surface area contributed by atoms with E-state index in [-0.39, 0.29) is 11.9 Å². The molecule has 0 spiro atoms. The van der Waals surface area contributed by atoms with Crippen LogP contribution in [-0.2, 0) is 4.79 Å². The molecular formula is C10H7ClO2. The third kappa shape index (κ3) is 2.10. The zero-order chi connectivity index (χ0) is 9.26. The van der Waals surface area contributed by atoms with E-state index in [9.17, 15) is 4.79 Å². The second-order valence-electron chi connectivity index (χ2n) is 2.79. The topological polar surface area (TPSA) is 26.3 Å². The standard InChI is InChI=1S/C10H7ClO2/c11-8-3-5-9(6-4-8)13-10(12)7-1-2-7/h1-7H. The zero-order valence-corrected chi connectivity index (χ0v) is 7.49. The Balaban J connectivity index is 2.00. The van der Waals surface area contributed by atoms with Crippen LogP contribution < -0.4 is 4.74 Å². The van der Waals surface area contributed by atoms with E-state index < -0.39 is 0 Å². The molecule has 13 heavy (non-hydrogen) atoms. The highest BCUT2D eigenvalue weighted by atomic mass is 35.5. The summed E-state index contributed by atoms with van der Waals surface area (Å²) < 4.78 is 5.03. The normalized spacial score (nSPS) is 14.2. The van der Waals surface area contributed by atoms with E-state index >= 15 is 0 Å². The number of carbonyl (C=O) groups is 1. The maximum Gasteiger partial charge on any atom is 0.322 e. The van der Waals surface area contributed by atoms with E-state index in [1.165, 1.54) is 0 Å². The monoisotopic (exact) mass is 194 g/mol. The van der Waals surface area contributed by atoms with Crippen LogP contribution in [0.1, 0.15) is 0 Å². The summed E-state index contributed by atoms with van der Waals surface area (Å²) in [4.78, 5) is 11.1. The van der Waals surface area contributed by atoms with E-state index in [2.05, 4.69) is 0 Å². The molecule has 1 aliphatic rings. The molecule has 0 saturated heterocycles. The van der Waals surface area contributed by atoms with Crippen molar-refractivity contribution in [3.05, 3.63) is 41.4 Å². The van der Waals surface area contributed by atoms with Crippen LogP contribution in [-0.4, -0.2) is 5.97 Å². The molecule has 0 radical (unpaired) electrons. The first-order chi connectivity index (χ1) is 6.25. The number of rotatable bonds is 2. The van der Waals surface area contributed by atoms with E-state index in [1.54, 1.807) is 36.4 Å². The minimum Gasteiger partial charge on any atom is -0.426 e. The molecule has 2 rings (SSSR count). The van der Waals surface area contributed by atoms with Crippen LogP contribution in [0.25, 0.3) is 0 Å². The average molecular weight is 195 g/mol. The fourth-order valence-corrected chi connectivity index (χ4v) is 1.03. The summed E-state index contributed by atoms with van der Waals surface area (Å²) in [6.45, 7) is 0. The second kappa shape index (κ2) is 3.23. The van der Waals surface area contributed by atoms with Crippen LogP contribution in [0, 0.1) is 5.92 Å². The lowest BCUT2D eigenvalue weighted by atomic mass is 10.3. The summed E-state index contributed by atoms with van der Waals surface area (Å²) >= 11 is 5.67. The largest absolute Gasteiger partial charge is 0.426 e. The number of benzene rings is 1. The van der Waals surface area contributed by atoms with Gasteiger partial charge in [-0.15, -0.1) is 0 Å². The Morgan fingerprint density at radius 2 is 1.85 bits per heavy atom. The minimum atomic E-state index is -0.234. The summed E-state index contributed by atoms with van der Waals surface area (Å²) in [6.07, 6.45) is 3.58. The highest BCUT2D eigenvalue weighted by molar-refractivity contribution is 6.30. The van der Waals surface area contributed by atoms with Crippen LogP contribution in [0.2, 0.25) is 5.02 Å². The Kier molecular flexibility index (Phi) is 2.07. The van der Waals surface area contributed by atoms with Gasteiger partial charge in [-0.2, -0.15) is 0 Å². The van der Waals surface area contributed by atoms with E-state index in [0.29, 0.717) is 10.8 Å². The van der Waals surface area contributed by atoms with Crippen molar-refractivity contribution in [1.82, 2.24) is 0 Å². The first-order valence-electron chi connectivity index (χ1n) is 3.91. The molecule has 0 aliphatic heterocycles. The lowest BCUT2D eigenvalue weighted by Gasteiger charge is -2.02. The van der Waals surface area contributed by atoms with Gasteiger partial charge in [-0.05, 0) is 24.3 Å². The molecule has 3 heteroatoms. The van der Waals surface area contributed by atoms with Gasteiger partial charge in [0.05, 0.1) is 5.92 Å². The summed E-state index contributed by atoms with van der Waals surface area (Å²) in [5, 5.41) is 0.629. The van der Waals surface area contributed by atoms with Gasteiger partial charge in [-0.25, -0.2) is 0 Å².